The topological polar surface area (TPSA) is 89.6 Å². The first-order chi connectivity index (χ1) is 10.3. The van der Waals surface area contributed by atoms with E-state index < -0.39 is 10.0 Å². The minimum absolute atomic E-state index is 0.0556. The van der Waals surface area contributed by atoms with Crippen LogP contribution in [-0.2, 0) is 21.4 Å². The van der Waals surface area contributed by atoms with Crippen molar-refractivity contribution in [2.75, 3.05) is 46.5 Å². The van der Waals surface area contributed by atoms with Gasteiger partial charge in [-0.05, 0) is 0 Å². The fourth-order valence-corrected chi connectivity index (χ4v) is 3.48. The molecule has 9 heteroatoms. The average Bonchev–Trinajstić information content (AvgIpc) is 2.82. The number of sulfonamides is 1. The van der Waals surface area contributed by atoms with Crippen molar-refractivity contribution in [3.05, 3.63) is 18.2 Å². The van der Waals surface area contributed by atoms with Crippen molar-refractivity contribution in [1.29, 1.82) is 0 Å². The number of carbonyl (C=O) groups is 1. The number of aromatic amines is 1. The van der Waals surface area contributed by atoms with E-state index in [1.165, 1.54) is 15.5 Å². The highest BCUT2D eigenvalue weighted by Crippen LogP contribution is 2.15. The number of hydrogen-bond acceptors (Lipinski definition) is 5. The molecule has 2 heterocycles. The van der Waals surface area contributed by atoms with Gasteiger partial charge in [-0.15, -0.1) is 0 Å². The largest absolute Gasteiger partial charge is 0.348 e. The van der Waals surface area contributed by atoms with Crippen LogP contribution in [0, 0.1) is 5.92 Å². The minimum Gasteiger partial charge on any atom is -0.348 e. The lowest BCUT2D eigenvalue weighted by atomic mass is 10.1. The third-order valence-corrected chi connectivity index (χ3v) is 5.03. The molecule has 1 N–H and O–H groups in total. The van der Waals surface area contributed by atoms with Crippen LogP contribution in [0.1, 0.15) is 5.82 Å². The van der Waals surface area contributed by atoms with Gasteiger partial charge in [0.05, 0.1) is 18.7 Å². The number of carbonyl (C=O) groups excluding carboxylic acids is 1. The molecule has 0 aromatic carbocycles. The third kappa shape index (κ3) is 4.28. The molecule has 1 fully saturated rings. The summed E-state index contributed by atoms with van der Waals surface area (Å²) in [5, 5.41) is 0. The van der Waals surface area contributed by atoms with Gasteiger partial charge in [0.15, 0.2) is 0 Å². The molecule has 22 heavy (non-hydrogen) atoms. The molecular weight excluding hydrogens is 306 g/mol. The van der Waals surface area contributed by atoms with Crippen molar-refractivity contribution >= 4 is 15.9 Å². The van der Waals surface area contributed by atoms with Crippen molar-refractivity contribution in [3.8, 4) is 0 Å². The summed E-state index contributed by atoms with van der Waals surface area (Å²) < 4.78 is 25.1. The number of aromatic nitrogens is 2. The van der Waals surface area contributed by atoms with Gasteiger partial charge in [-0.25, -0.2) is 17.7 Å². The Morgan fingerprint density at radius 3 is 2.68 bits per heavy atom. The molecule has 1 saturated heterocycles. The van der Waals surface area contributed by atoms with E-state index in [4.69, 9.17) is 0 Å². The first kappa shape index (κ1) is 16.9. The van der Waals surface area contributed by atoms with Gasteiger partial charge in [-0.1, -0.05) is 0 Å². The second kappa shape index (κ2) is 6.76. The number of rotatable bonds is 4. The lowest BCUT2D eigenvalue weighted by molar-refractivity contribution is -0.133. The number of nitrogens with one attached hydrogen (secondary N) is 1. The zero-order valence-electron chi connectivity index (χ0n) is 13.2. The number of H-pyrrole nitrogens is 1. The highest BCUT2D eigenvalue weighted by atomic mass is 32.2. The van der Waals surface area contributed by atoms with E-state index in [0.717, 1.165) is 5.82 Å². The maximum absolute atomic E-state index is 12.3. The Morgan fingerprint density at radius 1 is 1.41 bits per heavy atom. The molecule has 0 radical (unpaired) electrons. The van der Waals surface area contributed by atoms with Crippen LogP contribution in [-0.4, -0.2) is 84.9 Å². The number of imidazole rings is 1. The lowest BCUT2D eigenvalue weighted by Gasteiger charge is -2.25. The van der Waals surface area contributed by atoms with Crippen LogP contribution in [0.2, 0.25) is 0 Å². The molecule has 0 unspecified atom stereocenters. The van der Waals surface area contributed by atoms with Gasteiger partial charge < -0.3 is 9.88 Å². The Hall–Kier alpha value is -1.45. The third-order valence-electron chi connectivity index (χ3n) is 3.76. The molecule has 0 saturated carbocycles. The molecule has 1 amide bonds. The van der Waals surface area contributed by atoms with Crippen molar-refractivity contribution in [2.24, 2.45) is 5.92 Å². The minimum atomic E-state index is -3.31. The second-order valence-electron chi connectivity index (χ2n) is 5.82. The predicted octanol–water partition coefficient (Wildman–Crippen LogP) is -0.809. The summed E-state index contributed by atoms with van der Waals surface area (Å²) in [4.78, 5) is 23.1. The van der Waals surface area contributed by atoms with Crippen LogP contribution in [0.15, 0.2) is 12.4 Å². The van der Waals surface area contributed by atoms with E-state index in [-0.39, 0.29) is 18.4 Å². The van der Waals surface area contributed by atoms with Crippen LogP contribution >= 0.6 is 0 Å². The van der Waals surface area contributed by atoms with Gasteiger partial charge in [-0.3, -0.25) is 9.69 Å². The summed E-state index contributed by atoms with van der Waals surface area (Å²) in [7, 11) is 0.0644. The molecule has 0 bridgehead atoms. The van der Waals surface area contributed by atoms with Crippen molar-refractivity contribution < 1.29 is 13.2 Å². The summed E-state index contributed by atoms with van der Waals surface area (Å²) in [5.41, 5.74) is 0. The summed E-state index contributed by atoms with van der Waals surface area (Å²) in [5.74, 6) is 0.381. The quantitative estimate of drug-likeness (QED) is 0.780. The Bertz CT molecular complexity index is 599. The molecule has 1 aliphatic rings. The van der Waals surface area contributed by atoms with E-state index >= 15 is 0 Å². The first-order valence-corrected chi connectivity index (χ1v) is 8.99. The van der Waals surface area contributed by atoms with E-state index in [9.17, 15) is 13.2 Å². The summed E-state index contributed by atoms with van der Waals surface area (Å²) in [6, 6.07) is 0. The molecule has 0 spiro atoms. The molecule has 1 aromatic rings. The Labute approximate surface area is 131 Å². The van der Waals surface area contributed by atoms with E-state index in [0.29, 0.717) is 26.2 Å². The van der Waals surface area contributed by atoms with Crippen LogP contribution in [0.3, 0.4) is 0 Å². The predicted molar refractivity (Wildman–Crippen MR) is 82.5 cm³/mol. The summed E-state index contributed by atoms with van der Waals surface area (Å²) in [6.45, 7) is 2.28. The van der Waals surface area contributed by atoms with E-state index in [1.54, 1.807) is 26.5 Å². The van der Waals surface area contributed by atoms with E-state index in [2.05, 4.69) is 14.9 Å². The normalized spacial score (nSPS) is 21.5. The molecule has 0 aliphatic carbocycles. The van der Waals surface area contributed by atoms with E-state index in [1.807, 2.05) is 0 Å². The molecule has 124 valence electrons. The first-order valence-electron chi connectivity index (χ1n) is 7.14. The number of nitrogens with zero attached hydrogens (tertiary/aromatic N) is 4. The SMILES string of the molecule is CN(C)C(=O)[C@H]1CN(Cc2ncc[nH]2)CCN(S(C)(=O)=O)C1. The Kier molecular flexibility index (Phi) is 5.20. The van der Waals surface area contributed by atoms with Crippen LogP contribution in [0.25, 0.3) is 0 Å². The van der Waals surface area contributed by atoms with Crippen LogP contribution in [0.5, 0.6) is 0 Å². The monoisotopic (exact) mass is 329 g/mol. The maximum Gasteiger partial charge on any atom is 0.227 e. The standard InChI is InChI=1S/C13H23N5O3S/c1-16(2)13(19)11-8-17(10-12-14-4-5-15-12)6-7-18(9-11)22(3,20)21/h4-5,11H,6-10H2,1-3H3,(H,14,15)/t11-/m0/s1. The highest BCUT2D eigenvalue weighted by Gasteiger charge is 2.32. The summed E-state index contributed by atoms with van der Waals surface area (Å²) >= 11 is 0. The zero-order chi connectivity index (χ0) is 16.3. The van der Waals surface area contributed by atoms with Gasteiger partial charge in [0.25, 0.3) is 0 Å². The van der Waals surface area contributed by atoms with Gasteiger partial charge in [-0.2, -0.15) is 0 Å². The maximum atomic E-state index is 12.3. The Balaban J connectivity index is 2.16. The average molecular weight is 329 g/mol. The van der Waals surface area contributed by atoms with Crippen molar-refractivity contribution in [3.63, 3.8) is 0 Å². The number of amides is 1. The van der Waals surface area contributed by atoms with Gasteiger partial charge in [0, 0.05) is 52.7 Å². The van der Waals surface area contributed by atoms with Gasteiger partial charge >= 0.3 is 0 Å². The summed E-state index contributed by atoms with van der Waals surface area (Å²) in [6.07, 6.45) is 4.61. The fourth-order valence-electron chi connectivity index (χ4n) is 2.61. The van der Waals surface area contributed by atoms with Gasteiger partial charge in [0.2, 0.25) is 15.9 Å². The number of hydrogen-bond donors (Lipinski definition) is 1. The fraction of sp³-hybridized carbons (Fsp3) is 0.692. The molecule has 8 nitrogen and oxygen atoms in total. The highest BCUT2D eigenvalue weighted by molar-refractivity contribution is 7.88. The van der Waals surface area contributed by atoms with Gasteiger partial charge in [0.1, 0.15) is 5.82 Å². The van der Waals surface area contributed by atoms with Crippen LogP contribution in [0.4, 0.5) is 0 Å². The second-order valence-corrected chi connectivity index (χ2v) is 7.80. The molecular formula is C13H23N5O3S. The smallest absolute Gasteiger partial charge is 0.227 e. The Morgan fingerprint density at radius 2 is 2.14 bits per heavy atom. The van der Waals surface area contributed by atoms with Crippen molar-refractivity contribution in [1.82, 2.24) is 24.1 Å². The molecule has 1 atom stereocenters. The zero-order valence-corrected chi connectivity index (χ0v) is 14.0. The van der Waals surface area contributed by atoms with Crippen LogP contribution < -0.4 is 0 Å². The molecule has 1 aliphatic heterocycles. The lowest BCUT2D eigenvalue weighted by Crippen LogP contribution is -2.41. The van der Waals surface area contributed by atoms with Crippen molar-refractivity contribution in [2.45, 2.75) is 6.54 Å². The molecule has 2 rings (SSSR count). The molecule has 1 aromatic heterocycles.